The number of hydrogen-bond donors (Lipinski definition) is 1. The smallest absolute Gasteiger partial charge is 0.00488 e. The van der Waals surface area contributed by atoms with Gasteiger partial charge in [-0.2, -0.15) is 0 Å². The monoisotopic (exact) mass is 247 g/mol. The van der Waals surface area contributed by atoms with Crippen LogP contribution in [-0.2, 0) is 11.8 Å². The number of aryl methyl sites for hydroxylation is 1. The Morgan fingerprint density at radius 1 is 0.944 bits per heavy atom. The molecule has 18 heavy (non-hydrogen) atoms. The van der Waals surface area contributed by atoms with Crippen molar-refractivity contribution >= 4 is 0 Å². The van der Waals surface area contributed by atoms with E-state index in [2.05, 4.69) is 57.3 Å². The predicted octanol–water partition coefficient (Wildman–Crippen LogP) is 4.31. The molecule has 1 heteroatoms. The molecule has 1 N–H and O–H groups in total. The van der Waals surface area contributed by atoms with Gasteiger partial charge in [0.1, 0.15) is 0 Å². The second-order valence-corrected chi connectivity index (χ2v) is 6.15. The zero-order chi connectivity index (χ0) is 13.4. The summed E-state index contributed by atoms with van der Waals surface area (Å²) in [5.74, 6) is 0. The van der Waals surface area contributed by atoms with E-state index in [9.17, 15) is 0 Å². The van der Waals surface area contributed by atoms with E-state index in [4.69, 9.17) is 0 Å². The van der Waals surface area contributed by atoms with Crippen molar-refractivity contribution in [3.63, 3.8) is 0 Å². The maximum Gasteiger partial charge on any atom is -0.00488 e. The lowest BCUT2D eigenvalue weighted by Gasteiger charge is -2.19. The summed E-state index contributed by atoms with van der Waals surface area (Å²) in [5, 5.41) is 3.45. The van der Waals surface area contributed by atoms with Crippen molar-refractivity contribution in [2.24, 2.45) is 0 Å². The van der Waals surface area contributed by atoms with Crippen LogP contribution in [0, 0.1) is 0 Å². The summed E-state index contributed by atoms with van der Waals surface area (Å²) < 4.78 is 0. The van der Waals surface area contributed by atoms with Crippen LogP contribution in [0.4, 0.5) is 0 Å². The minimum atomic E-state index is 0.266. The van der Waals surface area contributed by atoms with E-state index in [1.807, 2.05) is 0 Å². The molecule has 0 aliphatic carbocycles. The van der Waals surface area contributed by atoms with Gasteiger partial charge in [0.15, 0.2) is 0 Å². The van der Waals surface area contributed by atoms with Crippen LogP contribution in [-0.4, -0.2) is 13.1 Å². The predicted molar refractivity (Wildman–Crippen MR) is 81.2 cm³/mol. The van der Waals surface area contributed by atoms with E-state index in [0.717, 1.165) is 13.1 Å². The van der Waals surface area contributed by atoms with Crippen LogP contribution in [0.2, 0.25) is 0 Å². The van der Waals surface area contributed by atoms with E-state index in [-0.39, 0.29) is 5.41 Å². The number of hydrogen-bond acceptors (Lipinski definition) is 1. The summed E-state index contributed by atoms with van der Waals surface area (Å²) in [7, 11) is 0. The van der Waals surface area contributed by atoms with Crippen LogP contribution in [0.15, 0.2) is 24.3 Å². The summed E-state index contributed by atoms with van der Waals surface area (Å²) in [6.45, 7) is 11.3. The first kappa shape index (κ1) is 15.2. The Morgan fingerprint density at radius 2 is 1.61 bits per heavy atom. The van der Waals surface area contributed by atoms with Gasteiger partial charge in [-0.05, 0) is 55.3 Å². The summed E-state index contributed by atoms with van der Waals surface area (Å²) in [6, 6.07) is 9.15. The second-order valence-electron chi connectivity index (χ2n) is 6.15. The minimum absolute atomic E-state index is 0.266. The fraction of sp³-hybridized carbons (Fsp3) is 0.647. The largest absolute Gasteiger partial charge is 0.317 e. The van der Waals surface area contributed by atoms with Gasteiger partial charge in [-0.15, -0.1) is 0 Å². The molecule has 0 aromatic heterocycles. The minimum Gasteiger partial charge on any atom is -0.317 e. The average Bonchev–Trinajstić information content (AvgIpc) is 2.33. The third-order valence-corrected chi connectivity index (χ3v) is 3.32. The molecule has 0 saturated heterocycles. The Labute approximate surface area is 113 Å². The number of benzene rings is 1. The van der Waals surface area contributed by atoms with Gasteiger partial charge in [-0.1, -0.05) is 52.0 Å². The van der Waals surface area contributed by atoms with E-state index in [1.54, 1.807) is 0 Å². The molecule has 0 bridgehead atoms. The third kappa shape index (κ3) is 5.68. The maximum atomic E-state index is 3.45. The summed E-state index contributed by atoms with van der Waals surface area (Å²) in [6.07, 6.45) is 5.00. The van der Waals surface area contributed by atoms with Gasteiger partial charge in [0, 0.05) is 0 Å². The first-order valence-corrected chi connectivity index (χ1v) is 7.34. The standard InChI is InChI=1S/C17H29N/c1-5-13-18-14-7-6-8-15-9-11-16(12-10-15)17(2,3)4/h9-12,18H,5-8,13-14H2,1-4H3. The lowest BCUT2D eigenvalue weighted by molar-refractivity contribution is 0.589. The van der Waals surface area contributed by atoms with E-state index in [0.29, 0.717) is 0 Å². The Balaban J connectivity index is 2.27. The first-order chi connectivity index (χ1) is 8.54. The fourth-order valence-corrected chi connectivity index (χ4v) is 2.05. The topological polar surface area (TPSA) is 12.0 Å². The molecule has 1 aromatic carbocycles. The molecule has 0 aliphatic rings. The number of nitrogens with one attached hydrogen (secondary N) is 1. The van der Waals surface area contributed by atoms with E-state index in [1.165, 1.54) is 36.8 Å². The fourth-order valence-electron chi connectivity index (χ4n) is 2.05. The molecule has 0 fully saturated rings. The lowest BCUT2D eigenvalue weighted by atomic mass is 9.86. The molecular weight excluding hydrogens is 218 g/mol. The lowest BCUT2D eigenvalue weighted by Crippen LogP contribution is -2.15. The van der Waals surface area contributed by atoms with Gasteiger partial charge < -0.3 is 5.32 Å². The van der Waals surface area contributed by atoms with Crippen LogP contribution in [0.25, 0.3) is 0 Å². The Kier molecular flexibility index (Phi) is 6.42. The molecule has 1 nitrogen and oxygen atoms in total. The normalized spacial score (nSPS) is 11.8. The van der Waals surface area contributed by atoms with Crippen LogP contribution in [0.3, 0.4) is 0 Å². The molecule has 102 valence electrons. The highest BCUT2D eigenvalue weighted by Crippen LogP contribution is 2.22. The van der Waals surface area contributed by atoms with Crippen molar-refractivity contribution in [1.29, 1.82) is 0 Å². The molecule has 0 radical (unpaired) electrons. The van der Waals surface area contributed by atoms with Crippen molar-refractivity contribution in [2.75, 3.05) is 13.1 Å². The van der Waals surface area contributed by atoms with Gasteiger partial charge in [0.2, 0.25) is 0 Å². The quantitative estimate of drug-likeness (QED) is 0.708. The highest BCUT2D eigenvalue weighted by atomic mass is 14.8. The zero-order valence-corrected chi connectivity index (χ0v) is 12.6. The zero-order valence-electron chi connectivity index (χ0n) is 12.6. The van der Waals surface area contributed by atoms with Crippen LogP contribution < -0.4 is 5.32 Å². The summed E-state index contributed by atoms with van der Waals surface area (Å²) in [5.41, 5.74) is 3.16. The molecule has 0 spiro atoms. The van der Waals surface area contributed by atoms with Gasteiger partial charge in [-0.3, -0.25) is 0 Å². The molecule has 0 saturated carbocycles. The summed E-state index contributed by atoms with van der Waals surface area (Å²) >= 11 is 0. The molecule has 0 amide bonds. The van der Waals surface area contributed by atoms with Crippen molar-refractivity contribution in [2.45, 2.75) is 58.8 Å². The van der Waals surface area contributed by atoms with Crippen LogP contribution >= 0.6 is 0 Å². The molecular formula is C17H29N. The highest BCUT2D eigenvalue weighted by Gasteiger charge is 2.12. The van der Waals surface area contributed by atoms with Gasteiger partial charge in [0.25, 0.3) is 0 Å². The van der Waals surface area contributed by atoms with Crippen LogP contribution in [0.5, 0.6) is 0 Å². The molecule has 0 heterocycles. The van der Waals surface area contributed by atoms with Crippen molar-refractivity contribution in [1.82, 2.24) is 5.32 Å². The SMILES string of the molecule is CCCNCCCCc1ccc(C(C)(C)C)cc1. The first-order valence-electron chi connectivity index (χ1n) is 7.34. The average molecular weight is 247 g/mol. The molecule has 0 unspecified atom stereocenters. The van der Waals surface area contributed by atoms with E-state index < -0.39 is 0 Å². The van der Waals surface area contributed by atoms with Gasteiger partial charge >= 0.3 is 0 Å². The summed E-state index contributed by atoms with van der Waals surface area (Å²) in [4.78, 5) is 0. The number of rotatable bonds is 7. The van der Waals surface area contributed by atoms with Gasteiger partial charge in [-0.25, -0.2) is 0 Å². The number of unbranched alkanes of at least 4 members (excludes halogenated alkanes) is 1. The van der Waals surface area contributed by atoms with Crippen molar-refractivity contribution in [3.05, 3.63) is 35.4 Å². The van der Waals surface area contributed by atoms with Gasteiger partial charge in [0.05, 0.1) is 0 Å². The Hall–Kier alpha value is -0.820. The second kappa shape index (κ2) is 7.58. The molecule has 0 aliphatic heterocycles. The van der Waals surface area contributed by atoms with E-state index >= 15 is 0 Å². The third-order valence-electron chi connectivity index (χ3n) is 3.32. The van der Waals surface area contributed by atoms with Crippen LogP contribution in [0.1, 0.15) is 58.1 Å². The molecule has 0 atom stereocenters. The van der Waals surface area contributed by atoms with Crippen molar-refractivity contribution in [3.8, 4) is 0 Å². The molecule has 1 aromatic rings. The Bertz CT molecular complexity index is 318. The Morgan fingerprint density at radius 3 is 2.17 bits per heavy atom. The van der Waals surface area contributed by atoms with Crippen molar-refractivity contribution < 1.29 is 0 Å². The molecule has 1 rings (SSSR count). The highest BCUT2D eigenvalue weighted by molar-refractivity contribution is 5.27. The maximum absolute atomic E-state index is 3.45.